The van der Waals surface area contributed by atoms with Gasteiger partial charge < -0.3 is 20.1 Å². The second-order valence-electron chi connectivity index (χ2n) is 7.49. The maximum atomic E-state index is 12.3. The summed E-state index contributed by atoms with van der Waals surface area (Å²) in [5.41, 5.74) is 6.43. The first-order valence-electron chi connectivity index (χ1n) is 10.0. The van der Waals surface area contributed by atoms with Crippen LogP contribution in [0.4, 0.5) is 11.4 Å². The van der Waals surface area contributed by atoms with Crippen molar-refractivity contribution in [2.45, 2.75) is 27.3 Å². The Bertz CT molecular complexity index is 1080. The first-order chi connectivity index (χ1) is 14.9. The monoisotopic (exact) mass is 530 g/mol. The number of benzene rings is 3. The number of halogens is 1. The van der Waals surface area contributed by atoms with E-state index in [1.807, 2.05) is 43.3 Å². The molecule has 0 radical (unpaired) electrons. The summed E-state index contributed by atoms with van der Waals surface area (Å²) in [5, 5.41) is 6.34. The van der Waals surface area contributed by atoms with Crippen molar-refractivity contribution in [3.8, 4) is 11.5 Å². The van der Waals surface area contributed by atoms with Gasteiger partial charge in [-0.3, -0.25) is 4.79 Å². The first-order valence-corrected chi connectivity index (χ1v) is 11.1. The fraction of sp³-hybridized carbons (Fsp3) is 0.240. The normalized spacial score (nSPS) is 10.5. The van der Waals surface area contributed by atoms with Crippen molar-refractivity contribution in [3.63, 3.8) is 0 Å². The molecule has 0 unspecified atom stereocenters. The predicted molar refractivity (Wildman–Crippen MR) is 134 cm³/mol. The lowest BCUT2D eigenvalue weighted by Crippen LogP contribution is -2.20. The van der Waals surface area contributed by atoms with Crippen molar-refractivity contribution in [1.82, 2.24) is 0 Å². The van der Waals surface area contributed by atoms with Crippen LogP contribution >= 0.6 is 22.6 Å². The number of ether oxygens (including phenoxy) is 2. The summed E-state index contributed by atoms with van der Waals surface area (Å²) in [6.45, 7) is 6.71. The molecule has 0 fully saturated rings. The van der Waals surface area contributed by atoms with Crippen LogP contribution < -0.4 is 20.1 Å². The zero-order chi connectivity index (χ0) is 22.4. The van der Waals surface area contributed by atoms with Crippen LogP contribution in [0.1, 0.15) is 22.3 Å². The number of methoxy groups -OCH3 is 1. The summed E-state index contributed by atoms with van der Waals surface area (Å²) in [6, 6.07) is 18.0. The van der Waals surface area contributed by atoms with E-state index in [0.29, 0.717) is 18.0 Å². The Labute approximate surface area is 197 Å². The summed E-state index contributed by atoms with van der Waals surface area (Å²) >= 11 is 2.21. The molecule has 0 aliphatic heterocycles. The topological polar surface area (TPSA) is 59.6 Å². The molecule has 162 valence electrons. The van der Waals surface area contributed by atoms with Gasteiger partial charge in [-0.2, -0.15) is 0 Å². The Hall–Kier alpha value is -2.74. The van der Waals surface area contributed by atoms with Crippen LogP contribution in [0.2, 0.25) is 0 Å². The van der Waals surface area contributed by atoms with E-state index in [1.165, 1.54) is 11.1 Å². The van der Waals surface area contributed by atoms with E-state index in [2.05, 4.69) is 65.3 Å². The lowest BCUT2D eigenvalue weighted by molar-refractivity contribution is -0.118. The molecule has 0 saturated heterocycles. The highest BCUT2D eigenvalue weighted by Gasteiger charge is 2.14. The summed E-state index contributed by atoms with van der Waals surface area (Å²) in [7, 11) is 1.60. The summed E-state index contributed by atoms with van der Waals surface area (Å²) in [4.78, 5) is 12.3. The molecule has 3 aromatic rings. The van der Waals surface area contributed by atoms with Crippen LogP contribution in [0, 0.1) is 24.3 Å². The quantitative estimate of drug-likeness (QED) is 0.359. The number of amides is 1. The molecule has 0 aromatic heterocycles. The van der Waals surface area contributed by atoms with Gasteiger partial charge in [-0.15, -0.1) is 0 Å². The minimum absolute atomic E-state index is 0.0968. The molecule has 0 bridgehead atoms. The maximum absolute atomic E-state index is 12.3. The third-order valence-corrected chi connectivity index (χ3v) is 5.62. The molecular weight excluding hydrogens is 503 g/mol. The van der Waals surface area contributed by atoms with E-state index in [0.717, 1.165) is 26.1 Å². The number of anilines is 2. The number of rotatable bonds is 8. The maximum Gasteiger partial charge on any atom is 0.262 e. The van der Waals surface area contributed by atoms with E-state index in [1.54, 1.807) is 7.11 Å². The average molecular weight is 530 g/mol. The average Bonchev–Trinajstić information content (AvgIpc) is 2.73. The molecule has 0 aliphatic carbocycles. The van der Waals surface area contributed by atoms with Gasteiger partial charge >= 0.3 is 0 Å². The van der Waals surface area contributed by atoms with Crippen LogP contribution in [-0.2, 0) is 11.3 Å². The Morgan fingerprint density at radius 1 is 1.00 bits per heavy atom. The fourth-order valence-corrected chi connectivity index (χ4v) is 4.02. The van der Waals surface area contributed by atoms with Gasteiger partial charge in [0.05, 0.1) is 10.7 Å². The van der Waals surface area contributed by atoms with Gasteiger partial charge in [0.25, 0.3) is 5.91 Å². The highest BCUT2D eigenvalue weighted by Crippen LogP contribution is 2.34. The number of carbonyl (C=O) groups excluding carboxylic acids is 1. The van der Waals surface area contributed by atoms with Crippen molar-refractivity contribution in [1.29, 1.82) is 0 Å². The number of hydrogen-bond donors (Lipinski definition) is 2. The third kappa shape index (κ3) is 6.37. The molecule has 6 heteroatoms. The second kappa shape index (κ2) is 10.5. The Kier molecular flexibility index (Phi) is 7.79. The minimum Gasteiger partial charge on any atom is -0.493 e. The fourth-order valence-electron chi connectivity index (χ4n) is 3.20. The molecule has 0 atom stereocenters. The lowest BCUT2D eigenvalue weighted by Gasteiger charge is -2.16. The third-order valence-electron chi connectivity index (χ3n) is 4.81. The van der Waals surface area contributed by atoms with Gasteiger partial charge in [-0.1, -0.05) is 24.3 Å². The minimum atomic E-state index is -0.218. The molecule has 3 aromatic carbocycles. The Morgan fingerprint density at radius 3 is 2.52 bits per heavy atom. The van der Waals surface area contributed by atoms with Crippen molar-refractivity contribution < 1.29 is 14.3 Å². The number of aryl methyl sites for hydroxylation is 3. The molecule has 0 saturated carbocycles. The van der Waals surface area contributed by atoms with Gasteiger partial charge in [0, 0.05) is 17.9 Å². The van der Waals surface area contributed by atoms with Gasteiger partial charge in [-0.25, -0.2) is 0 Å². The highest BCUT2D eigenvalue weighted by atomic mass is 127. The van der Waals surface area contributed by atoms with E-state index in [9.17, 15) is 4.79 Å². The van der Waals surface area contributed by atoms with E-state index in [-0.39, 0.29) is 12.5 Å². The summed E-state index contributed by atoms with van der Waals surface area (Å²) < 4.78 is 12.2. The van der Waals surface area contributed by atoms with Gasteiger partial charge in [0.15, 0.2) is 18.1 Å². The van der Waals surface area contributed by atoms with E-state index < -0.39 is 0 Å². The smallest absolute Gasteiger partial charge is 0.262 e. The number of nitrogens with one attached hydrogen (secondary N) is 2. The van der Waals surface area contributed by atoms with E-state index >= 15 is 0 Å². The lowest BCUT2D eigenvalue weighted by atomic mass is 10.1. The van der Waals surface area contributed by atoms with Crippen LogP contribution in [0.3, 0.4) is 0 Å². The largest absolute Gasteiger partial charge is 0.493 e. The van der Waals surface area contributed by atoms with Crippen molar-refractivity contribution >= 4 is 39.9 Å². The zero-order valence-corrected chi connectivity index (χ0v) is 20.4. The Balaban J connectivity index is 1.66. The summed E-state index contributed by atoms with van der Waals surface area (Å²) in [6.07, 6.45) is 0. The number of carbonyl (C=O) groups is 1. The molecule has 0 aliphatic rings. The van der Waals surface area contributed by atoms with Crippen LogP contribution in [0.15, 0.2) is 54.6 Å². The zero-order valence-electron chi connectivity index (χ0n) is 18.2. The van der Waals surface area contributed by atoms with Gasteiger partial charge in [-0.05, 0) is 95.9 Å². The van der Waals surface area contributed by atoms with Gasteiger partial charge in [0.1, 0.15) is 0 Å². The number of hydrogen-bond acceptors (Lipinski definition) is 4. The molecule has 0 spiro atoms. The Morgan fingerprint density at radius 2 is 1.77 bits per heavy atom. The highest BCUT2D eigenvalue weighted by molar-refractivity contribution is 14.1. The molecule has 5 nitrogen and oxygen atoms in total. The van der Waals surface area contributed by atoms with Crippen molar-refractivity contribution in [2.75, 3.05) is 24.4 Å². The van der Waals surface area contributed by atoms with Crippen LogP contribution in [0.5, 0.6) is 11.5 Å². The van der Waals surface area contributed by atoms with Crippen LogP contribution in [0.25, 0.3) is 0 Å². The molecule has 1 amide bonds. The summed E-state index contributed by atoms with van der Waals surface area (Å²) in [5.74, 6) is 0.954. The second-order valence-corrected chi connectivity index (χ2v) is 8.65. The molecule has 3 rings (SSSR count). The SMILES string of the molecule is COc1cc(CNc2cc(C)ccc2C)cc(I)c1OCC(=O)Nc1cccc(C)c1. The van der Waals surface area contributed by atoms with Crippen LogP contribution in [-0.4, -0.2) is 19.6 Å². The van der Waals surface area contributed by atoms with Gasteiger partial charge in [0.2, 0.25) is 0 Å². The molecule has 2 N–H and O–H groups in total. The predicted octanol–water partition coefficient (Wildman–Crippen LogP) is 5.85. The van der Waals surface area contributed by atoms with Crippen molar-refractivity contribution in [3.05, 3.63) is 80.4 Å². The standard InChI is InChI=1S/C25H27IN2O3/c1-16-6-5-7-20(10-16)28-24(29)15-31-25-21(26)12-19(13-23(25)30-4)14-27-22-11-17(2)8-9-18(22)3/h5-13,27H,14-15H2,1-4H3,(H,28,29). The first kappa shape index (κ1) is 22.9. The van der Waals surface area contributed by atoms with Crippen molar-refractivity contribution in [2.24, 2.45) is 0 Å². The van der Waals surface area contributed by atoms with E-state index in [4.69, 9.17) is 9.47 Å². The molecular formula is C25H27IN2O3. The molecule has 0 heterocycles. The molecule has 31 heavy (non-hydrogen) atoms.